The van der Waals surface area contributed by atoms with Gasteiger partial charge in [0, 0.05) is 0 Å². The molecule has 0 fully saturated rings. The third-order valence-electron chi connectivity index (χ3n) is 2.33. The number of halogens is 1. The third kappa shape index (κ3) is 2.82. The first kappa shape index (κ1) is 12.0. The van der Waals surface area contributed by atoms with E-state index in [1.807, 2.05) is 25.1 Å². The van der Waals surface area contributed by atoms with Crippen molar-refractivity contribution in [3.8, 4) is 5.82 Å². The Hall–Kier alpha value is -1.42. The minimum Gasteiger partial charge on any atom is -0.202 e. The topological polar surface area (TPSA) is 43.6 Å². The number of aromatic nitrogens is 4. The molecule has 90 valence electrons. The molecule has 0 atom stereocenters. The minimum atomic E-state index is 0.554. The standard InChI is InChI=1S/C12H15ClN4/c1-8(2)6-10-7-11(13)17(16-10)12-5-4-9(3)14-15-12/h4-5,7-8H,6H2,1-3H3. The first-order valence-corrected chi connectivity index (χ1v) is 5.99. The second-order valence-corrected chi connectivity index (χ2v) is 4.89. The van der Waals surface area contributed by atoms with Gasteiger partial charge >= 0.3 is 0 Å². The fraction of sp³-hybridized carbons (Fsp3) is 0.417. The Labute approximate surface area is 106 Å². The third-order valence-corrected chi connectivity index (χ3v) is 2.60. The lowest BCUT2D eigenvalue weighted by atomic mass is 10.1. The van der Waals surface area contributed by atoms with Crippen molar-refractivity contribution in [2.24, 2.45) is 5.92 Å². The van der Waals surface area contributed by atoms with Gasteiger partial charge in [-0.05, 0) is 37.5 Å². The summed E-state index contributed by atoms with van der Waals surface area (Å²) in [5, 5.41) is 13.1. The highest BCUT2D eigenvalue weighted by Crippen LogP contribution is 2.17. The zero-order valence-corrected chi connectivity index (χ0v) is 10.9. The predicted octanol–water partition coefficient (Wildman–Crippen LogP) is 2.82. The summed E-state index contributed by atoms with van der Waals surface area (Å²) in [6.45, 7) is 6.20. The maximum Gasteiger partial charge on any atom is 0.177 e. The Bertz CT molecular complexity index is 502. The number of hydrogen-bond donors (Lipinski definition) is 0. The molecule has 0 bridgehead atoms. The minimum absolute atomic E-state index is 0.554. The summed E-state index contributed by atoms with van der Waals surface area (Å²) >= 11 is 6.14. The van der Waals surface area contributed by atoms with Crippen molar-refractivity contribution in [3.63, 3.8) is 0 Å². The van der Waals surface area contributed by atoms with Crippen molar-refractivity contribution in [1.29, 1.82) is 0 Å². The smallest absolute Gasteiger partial charge is 0.177 e. The van der Waals surface area contributed by atoms with Crippen LogP contribution in [-0.4, -0.2) is 20.0 Å². The first-order valence-electron chi connectivity index (χ1n) is 5.61. The molecule has 0 amide bonds. The molecule has 2 aromatic rings. The molecule has 0 aromatic carbocycles. The highest BCUT2D eigenvalue weighted by atomic mass is 35.5. The largest absolute Gasteiger partial charge is 0.202 e. The zero-order valence-electron chi connectivity index (χ0n) is 10.2. The van der Waals surface area contributed by atoms with E-state index in [2.05, 4.69) is 29.1 Å². The molecule has 0 saturated carbocycles. The first-order chi connectivity index (χ1) is 8.06. The van der Waals surface area contributed by atoms with Gasteiger partial charge in [0.15, 0.2) is 5.82 Å². The van der Waals surface area contributed by atoms with Gasteiger partial charge in [-0.2, -0.15) is 10.2 Å². The second kappa shape index (κ2) is 4.84. The van der Waals surface area contributed by atoms with Crippen LogP contribution in [0.4, 0.5) is 0 Å². The van der Waals surface area contributed by atoms with Crippen LogP contribution in [0.2, 0.25) is 5.15 Å². The van der Waals surface area contributed by atoms with E-state index in [1.165, 1.54) is 0 Å². The monoisotopic (exact) mass is 250 g/mol. The predicted molar refractivity (Wildman–Crippen MR) is 67.4 cm³/mol. The molecule has 17 heavy (non-hydrogen) atoms. The van der Waals surface area contributed by atoms with E-state index >= 15 is 0 Å². The lowest BCUT2D eigenvalue weighted by Crippen LogP contribution is -2.03. The molecule has 0 unspecified atom stereocenters. The van der Waals surface area contributed by atoms with Crippen molar-refractivity contribution >= 4 is 11.6 Å². The van der Waals surface area contributed by atoms with Crippen LogP contribution in [0.25, 0.3) is 5.82 Å². The molecule has 0 radical (unpaired) electrons. The number of nitrogens with zero attached hydrogens (tertiary/aromatic N) is 4. The molecule has 5 heteroatoms. The van der Waals surface area contributed by atoms with E-state index in [4.69, 9.17) is 11.6 Å². The zero-order chi connectivity index (χ0) is 12.4. The normalized spacial score (nSPS) is 11.1. The van der Waals surface area contributed by atoms with Gasteiger partial charge in [0.1, 0.15) is 5.15 Å². The molecular weight excluding hydrogens is 236 g/mol. The molecule has 0 aliphatic rings. The summed E-state index contributed by atoms with van der Waals surface area (Å²) in [7, 11) is 0. The lowest BCUT2D eigenvalue weighted by molar-refractivity contribution is 0.626. The molecule has 0 N–H and O–H groups in total. The molecule has 0 saturated heterocycles. The van der Waals surface area contributed by atoms with Crippen LogP contribution in [0.3, 0.4) is 0 Å². The van der Waals surface area contributed by atoms with Gasteiger partial charge in [-0.25, -0.2) is 4.68 Å². The molecular formula is C12H15ClN4. The second-order valence-electron chi connectivity index (χ2n) is 4.50. The Morgan fingerprint density at radius 3 is 2.65 bits per heavy atom. The van der Waals surface area contributed by atoms with Crippen LogP contribution in [-0.2, 0) is 6.42 Å². The Balaban J connectivity index is 2.32. The number of hydrogen-bond acceptors (Lipinski definition) is 3. The van der Waals surface area contributed by atoms with Crippen LogP contribution >= 0.6 is 11.6 Å². The summed E-state index contributed by atoms with van der Waals surface area (Å²) in [4.78, 5) is 0. The Kier molecular flexibility index (Phi) is 3.43. The highest BCUT2D eigenvalue weighted by Gasteiger charge is 2.10. The molecule has 4 nitrogen and oxygen atoms in total. The Morgan fingerprint density at radius 2 is 2.06 bits per heavy atom. The van der Waals surface area contributed by atoms with E-state index in [9.17, 15) is 0 Å². The fourth-order valence-electron chi connectivity index (χ4n) is 1.59. The van der Waals surface area contributed by atoms with Gasteiger partial charge in [0.25, 0.3) is 0 Å². The van der Waals surface area contributed by atoms with Crippen molar-refractivity contribution in [2.45, 2.75) is 27.2 Å². The van der Waals surface area contributed by atoms with Gasteiger partial charge in [-0.15, -0.1) is 5.10 Å². The van der Waals surface area contributed by atoms with E-state index < -0.39 is 0 Å². The summed E-state index contributed by atoms with van der Waals surface area (Å²) in [5.74, 6) is 1.20. The van der Waals surface area contributed by atoms with Crippen LogP contribution in [0, 0.1) is 12.8 Å². The molecule has 0 aliphatic heterocycles. The summed E-state index contributed by atoms with van der Waals surface area (Å²) in [6.07, 6.45) is 0.909. The van der Waals surface area contributed by atoms with Gasteiger partial charge < -0.3 is 0 Å². The van der Waals surface area contributed by atoms with Crippen molar-refractivity contribution in [2.75, 3.05) is 0 Å². The average molecular weight is 251 g/mol. The van der Waals surface area contributed by atoms with E-state index in [1.54, 1.807) is 4.68 Å². The van der Waals surface area contributed by atoms with Crippen LogP contribution in [0.5, 0.6) is 0 Å². The molecule has 2 aromatic heterocycles. The van der Waals surface area contributed by atoms with Crippen molar-refractivity contribution < 1.29 is 0 Å². The SMILES string of the molecule is Cc1ccc(-n2nc(CC(C)C)cc2Cl)nn1. The average Bonchev–Trinajstić information content (AvgIpc) is 2.59. The van der Waals surface area contributed by atoms with Crippen LogP contribution in [0.1, 0.15) is 25.2 Å². The summed E-state index contributed by atoms with van der Waals surface area (Å²) in [6, 6.07) is 5.63. The summed E-state index contributed by atoms with van der Waals surface area (Å²) < 4.78 is 1.62. The maximum atomic E-state index is 6.14. The number of aryl methyl sites for hydroxylation is 1. The molecule has 0 spiro atoms. The molecule has 0 aliphatic carbocycles. The number of rotatable bonds is 3. The summed E-state index contributed by atoms with van der Waals surface area (Å²) in [5.41, 5.74) is 1.85. The van der Waals surface area contributed by atoms with E-state index in [-0.39, 0.29) is 0 Å². The van der Waals surface area contributed by atoms with E-state index in [0.717, 1.165) is 17.8 Å². The molecule has 2 heterocycles. The maximum absolute atomic E-state index is 6.14. The quantitative estimate of drug-likeness (QED) is 0.841. The lowest BCUT2D eigenvalue weighted by Gasteiger charge is -2.01. The van der Waals surface area contributed by atoms with Crippen molar-refractivity contribution in [1.82, 2.24) is 20.0 Å². The van der Waals surface area contributed by atoms with Gasteiger partial charge in [-0.1, -0.05) is 25.4 Å². The molecule has 2 rings (SSSR count). The fourth-order valence-corrected chi connectivity index (χ4v) is 1.84. The van der Waals surface area contributed by atoms with Crippen LogP contribution in [0.15, 0.2) is 18.2 Å². The van der Waals surface area contributed by atoms with Gasteiger partial charge in [0.05, 0.1) is 11.4 Å². The van der Waals surface area contributed by atoms with Crippen molar-refractivity contribution in [3.05, 3.63) is 34.7 Å². The van der Waals surface area contributed by atoms with Crippen LogP contribution < -0.4 is 0 Å². The van der Waals surface area contributed by atoms with E-state index in [0.29, 0.717) is 16.9 Å². The van der Waals surface area contributed by atoms with Gasteiger partial charge in [0.2, 0.25) is 0 Å². The van der Waals surface area contributed by atoms with Gasteiger partial charge in [-0.3, -0.25) is 0 Å². The Morgan fingerprint density at radius 1 is 1.29 bits per heavy atom. The highest BCUT2D eigenvalue weighted by molar-refractivity contribution is 6.29.